The van der Waals surface area contributed by atoms with E-state index in [1.165, 1.54) is 23.6 Å². The van der Waals surface area contributed by atoms with Crippen LogP contribution in [-0.4, -0.2) is 30.2 Å². The lowest BCUT2D eigenvalue weighted by molar-refractivity contribution is -0.149. The van der Waals surface area contributed by atoms with Gasteiger partial charge < -0.3 is 4.74 Å². The SMILES string of the molecule is COC(=O)[C@H]1[C@H](C(C)=O)[C@@H]2C(C)=C(C)[C@H]1P2c1ccccc1. The maximum Gasteiger partial charge on any atom is 0.310 e. The number of allylic oxidation sites excluding steroid dienone is 2. The van der Waals surface area contributed by atoms with E-state index in [4.69, 9.17) is 4.74 Å². The van der Waals surface area contributed by atoms with Crippen LogP contribution in [0.4, 0.5) is 0 Å². The molecule has 116 valence electrons. The first kappa shape index (κ1) is 15.4. The van der Waals surface area contributed by atoms with Crippen molar-refractivity contribution in [2.75, 3.05) is 7.11 Å². The Kier molecular flexibility index (Phi) is 3.94. The van der Waals surface area contributed by atoms with Crippen LogP contribution in [-0.2, 0) is 14.3 Å². The molecule has 1 aromatic rings. The van der Waals surface area contributed by atoms with E-state index in [1.54, 1.807) is 6.92 Å². The quantitative estimate of drug-likeness (QED) is 0.489. The van der Waals surface area contributed by atoms with Crippen molar-refractivity contribution in [3.05, 3.63) is 41.5 Å². The molecule has 4 heteroatoms. The molecule has 0 N–H and O–H groups in total. The molecule has 3 nitrogen and oxygen atoms in total. The van der Waals surface area contributed by atoms with Crippen LogP contribution in [0.2, 0.25) is 0 Å². The Balaban J connectivity index is 2.13. The second-order valence-corrected chi connectivity index (χ2v) is 8.63. The first-order valence-electron chi connectivity index (χ1n) is 7.58. The van der Waals surface area contributed by atoms with Gasteiger partial charge in [-0.1, -0.05) is 49.4 Å². The molecule has 2 heterocycles. The number of benzene rings is 1. The number of fused-ring (bicyclic) bond motifs is 2. The number of hydrogen-bond donors (Lipinski definition) is 0. The molecule has 2 aliphatic heterocycles. The monoisotopic (exact) mass is 316 g/mol. The fraction of sp³-hybridized carbons (Fsp3) is 0.444. The van der Waals surface area contributed by atoms with Crippen molar-refractivity contribution in [2.45, 2.75) is 32.1 Å². The van der Waals surface area contributed by atoms with Crippen LogP contribution >= 0.6 is 7.92 Å². The molecule has 3 rings (SSSR count). The van der Waals surface area contributed by atoms with Gasteiger partial charge in [-0.3, -0.25) is 9.59 Å². The zero-order valence-corrected chi connectivity index (χ0v) is 14.3. The highest BCUT2D eigenvalue weighted by atomic mass is 31.1. The number of esters is 1. The number of carbonyl (C=O) groups excluding carboxylic acids is 2. The normalized spacial score (nSPS) is 33.2. The van der Waals surface area contributed by atoms with E-state index in [-0.39, 0.29) is 34.9 Å². The number of ether oxygens (including phenoxy) is 1. The van der Waals surface area contributed by atoms with E-state index in [0.29, 0.717) is 0 Å². The first-order valence-corrected chi connectivity index (χ1v) is 9.06. The van der Waals surface area contributed by atoms with Gasteiger partial charge in [-0.25, -0.2) is 0 Å². The Morgan fingerprint density at radius 2 is 1.55 bits per heavy atom. The number of methoxy groups -OCH3 is 1. The summed E-state index contributed by atoms with van der Waals surface area (Å²) in [5.41, 5.74) is 2.92. The summed E-state index contributed by atoms with van der Waals surface area (Å²) < 4.78 is 5.03. The van der Waals surface area contributed by atoms with Crippen LogP contribution in [0.1, 0.15) is 20.8 Å². The van der Waals surface area contributed by atoms with Gasteiger partial charge in [-0.05, 0) is 26.1 Å². The third-order valence-corrected chi connectivity index (χ3v) is 8.68. The predicted molar refractivity (Wildman–Crippen MR) is 88.6 cm³/mol. The molecule has 1 saturated heterocycles. The topological polar surface area (TPSA) is 43.4 Å². The van der Waals surface area contributed by atoms with Crippen LogP contribution < -0.4 is 5.30 Å². The van der Waals surface area contributed by atoms with E-state index < -0.39 is 7.92 Å². The third kappa shape index (κ3) is 2.06. The third-order valence-electron chi connectivity index (χ3n) is 5.17. The van der Waals surface area contributed by atoms with Crippen molar-refractivity contribution in [2.24, 2.45) is 11.8 Å². The molecular weight excluding hydrogens is 295 g/mol. The van der Waals surface area contributed by atoms with Crippen LogP contribution in [0.25, 0.3) is 0 Å². The Bertz CT molecular complexity index is 650. The van der Waals surface area contributed by atoms with Crippen LogP contribution in [0.15, 0.2) is 41.5 Å². The molecule has 0 spiro atoms. The molecule has 1 unspecified atom stereocenters. The minimum absolute atomic E-state index is 0.109. The fourth-order valence-electron chi connectivity index (χ4n) is 4.14. The highest BCUT2D eigenvalue weighted by molar-refractivity contribution is 7.68. The molecule has 22 heavy (non-hydrogen) atoms. The first-order chi connectivity index (χ1) is 10.5. The Morgan fingerprint density at radius 3 is 2.05 bits per heavy atom. The van der Waals surface area contributed by atoms with Gasteiger partial charge in [0.25, 0.3) is 0 Å². The molecular formula is C18H21O3P. The van der Waals surface area contributed by atoms with Crippen molar-refractivity contribution in [3.63, 3.8) is 0 Å². The lowest BCUT2D eigenvalue weighted by Gasteiger charge is -2.28. The molecule has 1 aromatic carbocycles. The van der Waals surface area contributed by atoms with E-state index in [9.17, 15) is 9.59 Å². The zero-order chi connectivity index (χ0) is 16.0. The molecule has 0 aliphatic carbocycles. The summed E-state index contributed by atoms with van der Waals surface area (Å²) in [6.45, 7) is 5.86. The van der Waals surface area contributed by atoms with E-state index in [2.05, 4.69) is 26.0 Å². The summed E-state index contributed by atoms with van der Waals surface area (Å²) in [6.07, 6.45) is 0. The van der Waals surface area contributed by atoms with Gasteiger partial charge in [0.15, 0.2) is 0 Å². The number of hydrogen-bond acceptors (Lipinski definition) is 3. The van der Waals surface area contributed by atoms with Crippen LogP contribution in [0.5, 0.6) is 0 Å². The zero-order valence-electron chi connectivity index (χ0n) is 13.4. The summed E-state index contributed by atoms with van der Waals surface area (Å²) >= 11 is 0. The van der Waals surface area contributed by atoms with Crippen LogP contribution in [0, 0.1) is 11.8 Å². The molecule has 1 fully saturated rings. The smallest absolute Gasteiger partial charge is 0.310 e. The van der Waals surface area contributed by atoms with Gasteiger partial charge in [0, 0.05) is 17.2 Å². The standard InChI is InChI=1S/C18H21O3P/c1-10-11(2)17-15(18(20)21-4)14(12(3)19)16(10)22(17)13-8-6-5-7-9-13/h5-9,14-17H,1-4H3/t14-,15-,16-,17+,22?/m0/s1. The number of rotatable bonds is 3. The fourth-order valence-corrected chi connectivity index (χ4v) is 8.28. The van der Waals surface area contributed by atoms with Gasteiger partial charge in [0.1, 0.15) is 5.78 Å². The summed E-state index contributed by atoms with van der Waals surface area (Å²) in [4.78, 5) is 24.6. The molecule has 0 radical (unpaired) electrons. The van der Waals surface area contributed by atoms with Gasteiger partial charge in [-0.2, -0.15) is 0 Å². The number of carbonyl (C=O) groups is 2. The molecule has 0 aromatic heterocycles. The minimum atomic E-state index is -0.575. The molecule has 0 amide bonds. The summed E-state index contributed by atoms with van der Waals surface area (Å²) in [5, 5.41) is 1.28. The summed E-state index contributed by atoms with van der Waals surface area (Å²) in [6, 6.07) is 10.3. The van der Waals surface area contributed by atoms with E-state index in [1.807, 2.05) is 18.2 Å². The molecule has 5 atom stereocenters. The van der Waals surface area contributed by atoms with Crippen molar-refractivity contribution in [1.29, 1.82) is 0 Å². The number of Topliss-reactive ketones (excluding diaryl/α,β-unsaturated/α-hetero) is 1. The minimum Gasteiger partial charge on any atom is -0.469 e. The Hall–Kier alpha value is -1.47. The maximum atomic E-state index is 12.4. The van der Waals surface area contributed by atoms with E-state index >= 15 is 0 Å². The van der Waals surface area contributed by atoms with Crippen LogP contribution in [0.3, 0.4) is 0 Å². The maximum absolute atomic E-state index is 12.4. The lowest BCUT2D eigenvalue weighted by atomic mass is 9.75. The molecule has 2 aliphatic rings. The largest absolute Gasteiger partial charge is 0.469 e. The van der Waals surface area contributed by atoms with Gasteiger partial charge in [-0.15, -0.1) is 0 Å². The van der Waals surface area contributed by atoms with Crippen molar-refractivity contribution in [1.82, 2.24) is 0 Å². The van der Waals surface area contributed by atoms with E-state index in [0.717, 1.165) is 0 Å². The van der Waals surface area contributed by atoms with Gasteiger partial charge in [0.05, 0.1) is 13.0 Å². The second-order valence-electron chi connectivity index (χ2n) is 6.18. The Labute approximate surface area is 132 Å². The summed E-state index contributed by atoms with van der Waals surface area (Å²) in [7, 11) is 0.844. The van der Waals surface area contributed by atoms with Crippen molar-refractivity contribution in [3.8, 4) is 0 Å². The molecule has 2 bridgehead atoms. The van der Waals surface area contributed by atoms with Crippen molar-refractivity contribution >= 4 is 25.0 Å². The highest BCUT2D eigenvalue weighted by Gasteiger charge is 2.60. The lowest BCUT2D eigenvalue weighted by Crippen LogP contribution is -2.38. The number of ketones is 1. The average molecular weight is 316 g/mol. The summed E-state index contributed by atoms with van der Waals surface area (Å²) in [5.74, 6) is -0.670. The Morgan fingerprint density at radius 1 is 1.00 bits per heavy atom. The highest BCUT2D eigenvalue weighted by Crippen LogP contribution is 2.69. The average Bonchev–Trinajstić information content (AvgIpc) is 2.99. The second kappa shape index (κ2) is 5.62. The van der Waals surface area contributed by atoms with Gasteiger partial charge >= 0.3 is 5.97 Å². The van der Waals surface area contributed by atoms with Crippen molar-refractivity contribution < 1.29 is 14.3 Å². The molecule has 0 saturated carbocycles. The van der Waals surface area contributed by atoms with Gasteiger partial charge in [0.2, 0.25) is 0 Å². The predicted octanol–water partition coefficient (Wildman–Crippen LogP) is 2.89.